The number of amides is 1. The predicted octanol–water partition coefficient (Wildman–Crippen LogP) is 3.75. The molecule has 0 spiro atoms. The minimum Gasteiger partial charge on any atom is -0.490 e. The Balaban J connectivity index is 1.55. The van der Waals surface area contributed by atoms with Crippen molar-refractivity contribution in [3.8, 4) is 11.5 Å². The van der Waals surface area contributed by atoms with Gasteiger partial charge in [0.05, 0.1) is 24.3 Å². The van der Waals surface area contributed by atoms with Crippen molar-refractivity contribution in [3.63, 3.8) is 0 Å². The molecule has 8 nitrogen and oxygen atoms in total. The van der Waals surface area contributed by atoms with Crippen LogP contribution >= 0.6 is 11.6 Å². The lowest BCUT2D eigenvalue weighted by atomic mass is 10.2. The van der Waals surface area contributed by atoms with Gasteiger partial charge in [0, 0.05) is 5.02 Å². The Morgan fingerprint density at radius 1 is 1.00 bits per heavy atom. The van der Waals surface area contributed by atoms with E-state index in [0.29, 0.717) is 35.3 Å². The zero-order valence-electron chi connectivity index (χ0n) is 18.4. The number of halogens is 1. The van der Waals surface area contributed by atoms with Crippen molar-refractivity contribution in [1.82, 2.24) is 10.1 Å². The van der Waals surface area contributed by atoms with Gasteiger partial charge in [-0.1, -0.05) is 41.9 Å². The fraction of sp³-hybridized carbons (Fsp3) is 0.167. The highest BCUT2D eigenvalue weighted by molar-refractivity contribution is 7.89. The fourth-order valence-corrected chi connectivity index (χ4v) is 3.93. The fourth-order valence-electron chi connectivity index (χ4n) is 2.80. The molecule has 0 fully saturated rings. The topological polar surface area (TPSA) is 106 Å². The van der Waals surface area contributed by atoms with Gasteiger partial charge < -0.3 is 9.47 Å². The van der Waals surface area contributed by atoms with Crippen LogP contribution in [0.2, 0.25) is 5.02 Å². The van der Waals surface area contributed by atoms with Crippen molar-refractivity contribution in [3.05, 3.63) is 88.9 Å². The number of benzene rings is 3. The molecule has 0 radical (unpaired) electrons. The molecular formula is C24H24ClN3O5S. The van der Waals surface area contributed by atoms with Gasteiger partial charge in [0.1, 0.15) is 6.61 Å². The zero-order chi connectivity index (χ0) is 24.4. The van der Waals surface area contributed by atoms with E-state index in [0.717, 1.165) is 5.56 Å². The van der Waals surface area contributed by atoms with E-state index in [4.69, 9.17) is 21.1 Å². The molecule has 178 valence electrons. The summed E-state index contributed by atoms with van der Waals surface area (Å²) in [6, 6.07) is 20.4. The Hall–Kier alpha value is -3.40. The number of carbonyl (C=O) groups is 1. The number of nitrogens with zero attached hydrogens (tertiary/aromatic N) is 1. The Morgan fingerprint density at radius 2 is 1.74 bits per heavy atom. The van der Waals surface area contributed by atoms with E-state index >= 15 is 0 Å². The largest absolute Gasteiger partial charge is 0.490 e. The van der Waals surface area contributed by atoms with Crippen LogP contribution in [0.5, 0.6) is 11.5 Å². The first-order valence-electron chi connectivity index (χ1n) is 10.4. The van der Waals surface area contributed by atoms with E-state index < -0.39 is 22.5 Å². The van der Waals surface area contributed by atoms with Gasteiger partial charge in [0.2, 0.25) is 10.0 Å². The van der Waals surface area contributed by atoms with E-state index in [1.807, 2.05) is 19.1 Å². The van der Waals surface area contributed by atoms with E-state index in [9.17, 15) is 13.2 Å². The van der Waals surface area contributed by atoms with Gasteiger partial charge in [-0.3, -0.25) is 4.79 Å². The standard InChI is InChI=1S/C24H24ClN3O5S/c1-2-32-23-14-19(10-13-22(23)33-17-18-8-11-20(25)12-9-18)15-26-28-24(29)16-27-34(30,31)21-6-4-3-5-7-21/h3-15,27H,2,16-17H2,1H3,(H,28,29). The maximum absolute atomic E-state index is 12.2. The van der Waals surface area contributed by atoms with Crippen LogP contribution < -0.4 is 19.6 Å². The lowest BCUT2D eigenvalue weighted by Gasteiger charge is -2.12. The zero-order valence-corrected chi connectivity index (χ0v) is 20.0. The number of sulfonamides is 1. The maximum Gasteiger partial charge on any atom is 0.255 e. The lowest BCUT2D eigenvalue weighted by Crippen LogP contribution is -2.34. The monoisotopic (exact) mass is 501 g/mol. The van der Waals surface area contributed by atoms with Gasteiger partial charge in [0.25, 0.3) is 5.91 Å². The molecule has 0 unspecified atom stereocenters. The Labute approximate surface area is 203 Å². The second-order valence-corrected chi connectivity index (χ2v) is 9.19. The summed E-state index contributed by atoms with van der Waals surface area (Å²) in [7, 11) is -3.78. The summed E-state index contributed by atoms with van der Waals surface area (Å²) < 4.78 is 38.1. The number of rotatable bonds is 11. The van der Waals surface area contributed by atoms with E-state index in [-0.39, 0.29) is 4.90 Å². The van der Waals surface area contributed by atoms with E-state index in [2.05, 4.69) is 15.2 Å². The van der Waals surface area contributed by atoms with Crippen molar-refractivity contribution in [2.45, 2.75) is 18.4 Å². The second-order valence-electron chi connectivity index (χ2n) is 6.99. The van der Waals surface area contributed by atoms with Crippen molar-refractivity contribution >= 4 is 33.7 Å². The quantitative estimate of drug-likeness (QED) is 0.307. The van der Waals surface area contributed by atoms with Crippen molar-refractivity contribution in [2.24, 2.45) is 5.10 Å². The number of hydrogen-bond acceptors (Lipinski definition) is 6. The summed E-state index contributed by atoms with van der Waals surface area (Å²) in [5.41, 5.74) is 3.91. The Morgan fingerprint density at radius 3 is 2.44 bits per heavy atom. The molecule has 0 aliphatic rings. The van der Waals surface area contributed by atoms with Gasteiger partial charge in [0.15, 0.2) is 11.5 Å². The average Bonchev–Trinajstić information content (AvgIpc) is 2.84. The first-order valence-corrected chi connectivity index (χ1v) is 12.2. The highest BCUT2D eigenvalue weighted by atomic mass is 35.5. The molecule has 0 saturated carbocycles. The van der Waals surface area contributed by atoms with Crippen LogP contribution in [-0.2, 0) is 21.4 Å². The molecule has 2 N–H and O–H groups in total. The number of ether oxygens (including phenoxy) is 2. The molecule has 3 aromatic carbocycles. The number of hydrogen-bond donors (Lipinski definition) is 2. The van der Waals surface area contributed by atoms with Crippen LogP contribution in [0.3, 0.4) is 0 Å². The molecular weight excluding hydrogens is 478 g/mol. The van der Waals surface area contributed by atoms with Crippen molar-refractivity contribution < 1.29 is 22.7 Å². The van der Waals surface area contributed by atoms with E-state index in [1.54, 1.807) is 48.5 Å². The molecule has 0 aliphatic heterocycles. The van der Waals surface area contributed by atoms with E-state index in [1.165, 1.54) is 18.3 Å². The van der Waals surface area contributed by atoms with Gasteiger partial charge in [-0.15, -0.1) is 0 Å². The van der Waals surface area contributed by atoms with Crippen LogP contribution in [0.15, 0.2) is 82.8 Å². The maximum atomic E-state index is 12.2. The molecule has 0 aliphatic carbocycles. The predicted molar refractivity (Wildman–Crippen MR) is 131 cm³/mol. The summed E-state index contributed by atoms with van der Waals surface area (Å²) >= 11 is 5.91. The molecule has 0 heterocycles. The van der Waals surface area contributed by atoms with Gasteiger partial charge >= 0.3 is 0 Å². The molecule has 0 atom stereocenters. The third-order valence-corrected chi connectivity index (χ3v) is 6.12. The molecule has 34 heavy (non-hydrogen) atoms. The average molecular weight is 502 g/mol. The molecule has 3 aromatic rings. The minimum atomic E-state index is -3.78. The highest BCUT2D eigenvalue weighted by Gasteiger charge is 2.14. The third kappa shape index (κ3) is 7.58. The molecule has 0 aromatic heterocycles. The molecule has 3 rings (SSSR count). The molecule has 1 amide bonds. The number of nitrogens with one attached hydrogen (secondary N) is 2. The smallest absolute Gasteiger partial charge is 0.255 e. The summed E-state index contributed by atoms with van der Waals surface area (Å²) in [5, 5.41) is 4.54. The van der Waals surface area contributed by atoms with Gasteiger partial charge in [-0.25, -0.2) is 18.6 Å². The van der Waals surface area contributed by atoms with Crippen LogP contribution in [0, 0.1) is 0 Å². The van der Waals surface area contributed by atoms with Crippen LogP contribution in [-0.4, -0.2) is 33.7 Å². The van der Waals surface area contributed by atoms with Gasteiger partial charge in [-0.2, -0.15) is 5.10 Å². The first-order chi connectivity index (χ1) is 16.4. The highest BCUT2D eigenvalue weighted by Crippen LogP contribution is 2.29. The minimum absolute atomic E-state index is 0.0770. The Bertz CT molecular complexity index is 1230. The first kappa shape index (κ1) is 25.2. The molecule has 10 heteroatoms. The van der Waals surface area contributed by atoms with Crippen LogP contribution in [0.25, 0.3) is 0 Å². The SMILES string of the molecule is CCOc1cc(C=NNC(=O)CNS(=O)(=O)c2ccccc2)ccc1OCc1ccc(Cl)cc1. The Kier molecular flexibility index (Phi) is 9.03. The third-order valence-electron chi connectivity index (χ3n) is 4.45. The summed E-state index contributed by atoms with van der Waals surface area (Å²) in [6.45, 7) is 2.20. The normalized spacial score (nSPS) is 11.4. The number of carbonyl (C=O) groups excluding carboxylic acids is 1. The summed E-state index contributed by atoms with van der Waals surface area (Å²) in [4.78, 5) is 12.0. The number of hydrazone groups is 1. The van der Waals surface area contributed by atoms with Crippen molar-refractivity contribution in [2.75, 3.05) is 13.2 Å². The van der Waals surface area contributed by atoms with Crippen LogP contribution in [0.1, 0.15) is 18.1 Å². The summed E-state index contributed by atoms with van der Waals surface area (Å²) in [5.74, 6) is 0.486. The molecule has 0 bridgehead atoms. The van der Waals surface area contributed by atoms with Crippen LogP contribution in [0.4, 0.5) is 0 Å². The molecule has 0 saturated heterocycles. The van der Waals surface area contributed by atoms with Crippen molar-refractivity contribution in [1.29, 1.82) is 0 Å². The lowest BCUT2D eigenvalue weighted by molar-refractivity contribution is -0.119. The van der Waals surface area contributed by atoms with Gasteiger partial charge in [-0.05, 0) is 60.5 Å². The second kappa shape index (κ2) is 12.2. The summed E-state index contributed by atoms with van der Waals surface area (Å²) in [6.07, 6.45) is 1.43.